The molecule has 0 radical (unpaired) electrons. The average Bonchev–Trinajstić information content (AvgIpc) is 2.51. The molecule has 0 aliphatic carbocycles. The van der Waals surface area contributed by atoms with Crippen LogP contribution < -0.4 is 16.0 Å². The van der Waals surface area contributed by atoms with Crippen molar-refractivity contribution >= 4 is 15.9 Å². The molecule has 0 bridgehead atoms. The Hall–Kier alpha value is -2.33. The summed E-state index contributed by atoms with van der Waals surface area (Å²) in [5, 5.41) is 8.97. The molecule has 0 saturated carbocycles. The van der Waals surface area contributed by atoms with Gasteiger partial charge in [0.2, 0.25) is 0 Å². The van der Waals surface area contributed by atoms with Crippen LogP contribution in [0.4, 0.5) is 0 Å². The van der Waals surface area contributed by atoms with Crippen LogP contribution in [0, 0.1) is 11.3 Å². The van der Waals surface area contributed by atoms with Crippen LogP contribution >= 0.6 is 15.9 Å². The van der Waals surface area contributed by atoms with Crippen LogP contribution in [0.5, 0.6) is 5.75 Å². The lowest BCUT2D eigenvalue weighted by Gasteiger charge is -2.10. The predicted octanol–water partition coefficient (Wildman–Crippen LogP) is 1.74. The predicted molar refractivity (Wildman–Crippen MR) is 85.0 cm³/mol. The first-order valence-corrected chi connectivity index (χ1v) is 7.49. The third-order valence-electron chi connectivity index (χ3n) is 3.08. The van der Waals surface area contributed by atoms with E-state index in [4.69, 9.17) is 10.00 Å². The van der Waals surface area contributed by atoms with Gasteiger partial charge in [-0.3, -0.25) is 13.9 Å². The number of halogens is 1. The van der Waals surface area contributed by atoms with Crippen LogP contribution in [0.25, 0.3) is 0 Å². The van der Waals surface area contributed by atoms with Gasteiger partial charge in [-0.1, -0.05) is 22.0 Å². The van der Waals surface area contributed by atoms with Gasteiger partial charge < -0.3 is 4.74 Å². The summed E-state index contributed by atoms with van der Waals surface area (Å²) in [7, 11) is 0. The molecule has 0 aliphatic heterocycles. The summed E-state index contributed by atoms with van der Waals surface area (Å²) in [6.07, 6.45) is 1.29. The summed E-state index contributed by atoms with van der Waals surface area (Å²) in [6, 6.07) is 9.08. The first kappa shape index (κ1) is 16.0. The minimum absolute atomic E-state index is 0.0519. The smallest absolute Gasteiger partial charge is 0.331 e. The minimum Gasteiger partial charge on any atom is -0.492 e. The van der Waals surface area contributed by atoms with Gasteiger partial charge >= 0.3 is 5.69 Å². The molecule has 0 fully saturated rings. The highest BCUT2D eigenvalue weighted by atomic mass is 79.9. The lowest BCUT2D eigenvalue weighted by atomic mass is 10.3. The van der Waals surface area contributed by atoms with Gasteiger partial charge in [0, 0.05) is 17.2 Å². The minimum atomic E-state index is -0.588. The summed E-state index contributed by atoms with van der Waals surface area (Å²) in [5.41, 5.74) is -1.08. The van der Waals surface area contributed by atoms with E-state index < -0.39 is 11.2 Å². The van der Waals surface area contributed by atoms with Gasteiger partial charge in [-0.05, 0) is 25.1 Å². The van der Waals surface area contributed by atoms with Crippen LogP contribution in [0.3, 0.4) is 0 Å². The SMILES string of the molecule is CCn1cc(C#N)c(=O)n(CCOc2cccc(Br)c2)c1=O. The van der Waals surface area contributed by atoms with Crippen LogP contribution in [0.2, 0.25) is 0 Å². The molecule has 0 spiro atoms. The molecule has 22 heavy (non-hydrogen) atoms. The number of hydrogen-bond donors (Lipinski definition) is 0. The van der Waals surface area contributed by atoms with E-state index in [0.29, 0.717) is 12.3 Å². The maximum Gasteiger partial charge on any atom is 0.331 e. The zero-order chi connectivity index (χ0) is 16.1. The van der Waals surface area contributed by atoms with Crippen molar-refractivity contribution in [2.45, 2.75) is 20.0 Å². The maximum atomic E-state index is 12.1. The monoisotopic (exact) mass is 363 g/mol. The van der Waals surface area contributed by atoms with Crippen molar-refractivity contribution in [3.05, 3.63) is 61.3 Å². The van der Waals surface area contributed by atoms with Crippen LogP contribution in [-0.4, -0.2) is 15.7 Å². The van der Waals surface area contributed by atoms with E-state index in [1.165, 1.54) is 10.8 Å². The Morgan fingerprint density at radius 1 is 1.36 bits per heavy atom. The lowest BCUT2D eigenvalue weighted by molar-refractivity contribution is 0.291. The average molecular weight is 364 g/mol. The zero-order valence-electron chi connectivity index (χ0n) is 12.0. The van der Waals surface area contributed by atoms with E-state index in [0.717, 1.165) is 9.04 Å². The van der Waals surface area contributed by atoms with Crippen molar-refractivity contribution in [1.29, 1.82) is 5.26 Å². The molecular formula is C15H14BrN3O3. The lowest BCUT2D eigenvalue weighted by Crippen LogP contribution is -2.41. The van der Waals surface area contributed by atoms with Crippen molar-refractivity contribution in [2.75, 3.05) is 6.61 Å². The molecular weight excluding hydrogens is 350 g/mol. The first-order chi connectivity index (χ1) is 10.6. The molecule has 0 unspecified atom stereocenters. The Balaban J connectivity index is 2.21. The molecule has 7 heteroatoms. The number of aromatic nitrogens is 2. The first-order valence-electron chi connectivity index (χ1n) is 6.69. The normalized spacial score (nSPS) is 10.2. The van der Waals surface area contributed by atoms with Crippen LogP contribution in [0.1, 0.15) is 12.5 Å². The number of ether oxygens (including phenoxy) is 1. The van der Waals surface area contributed by atoms with Gasteiger partial charge in [0.05, 0.1) is 6.54 Å². The summed E-state index contributed by atoms with van der Waals surface area (Å²) < 4.78 is 8.76. The van der Waals surface area contributed by atoms with Crippen molar-refractivity contribution in [3.63, 3.8) is 0 Å². The van der Waals surface area contributed by atoms with Crippen molar-refractivity contribution in [1.82, 2.24) is 9.13 Å². The standard InChI is InChI=1S/C15H14BrN3O3/c1-2-18-10-11(9-17)14(20)19(15(18)21)6-7-22-13-5-3-4-12(16)8-13/h3-5,8,10H,2,6-7H2,1H3. The Kier molecular flexibility index (Phi) is 5.17. The molecule has 0 aliphatic rings. The Labute approximate surface area is 135 Å². The number of hydrogen-bond acceptors (Lipinski definition) is 4. The van der Waals surface area contributed by atoms with E-state index in [9.17, 15) is 9.59 Å². The second-order valence-electron chi connectivity index (χ2n) is 4.49. The molecule has 114 valence electrons. The number of rotatable bonds is 5. The molecule has 1 heterocycles. The third kappa shape index (κ3) is 3.46. The topological polar surface area (TPSA) is 77.0 Å². The van der Waals surface area contributed by atoms with Gasteiger partial charge in [-0.2, -0.15) is 5.26 Å². The van der Waals surface area contributed by atoms with Crippen molar-refractivity contribution < 1.29 is 4.74 Å². The largest absolute Gasteiger partial charge is 0.492 e. The number of aryl methyl sites for hydroxylation is 1. The number of nitriles is 1. The van der Waals surface area contributed by atoms with E-state index in [-0.39, 0.29) is 18.7 Å². The quantitative estimate of drug-likeness (QED) is 0.810. The Morgan fingerprint density at radius 3 is 2.77 bits per heavy atom. The molecule has 0 saturated heterocycles. The molecule has 2 rings (SSSR count). The third-order valence-corrected chi connectivity index (χ3v) is 3.57. The van der Waals surface area contributed by atoms with Crippen LogP contribution in [0.15, 0.2) is 44.5 Å². The zero-order valence-corrected chi connectivity index (χ0v) is 13.5. The van der Waals surface area contributed by atoms with Gasteiger partial charge in [-0.15, -0.1) is 0 Å². The maximum absolute atomic E-state index is 12.1. The highest BCUT2D eigenvalue weighted by Gasteiger charge is 2.10. The molecule has 2 aromatic rings. The fourth-order valence-corrected chi connectivity index (χ4v) is 2.34. The summed E-state index contributed by atoms with van der Waals surface area (Å²) in [4.78, 5) is 24.2. The van der Waals surface area contributed by atoms with E-state index in [1.54, 1.807) is 19.1 Å². The molecule has 0 N–H and O–H groups in total. The molecule has 0 atom stereocenters. The summed E-state index contributed by atoms with van der Waals surface area (Å²) in [6.45, 7) is 2.40. The Bertz CT molecular complexity index is 833. The van der Waals surface area contributed by atoms with Gasteiger partial charge in [-0.25, -0.2) is 4.79 Å². The second kappa shape index (κ2) is 7.09. The molecule has 1 aromatic heterocycles. The van der Waals surface area contributed by atoms with Crippen LogP contribution in [-0.2, 0) is 13.1 Å². The fraction of sp³-hybridized carbons (Fsp3) is 0.267. The second-order valence-corrected chi connectivity index (χ2v) is 5.40. The van der Waals surface area contributed by atoms with E-state index >= 15 is 0 Å². The Morgan fingerprint density at radius 2 is 2.14 bits per heavy atom. The molecule has 6 nitrogen and oxygen atoms in total. The molecule has 0 amide bonds. The fourth-order valence-electron chi connectivity index (χ4n) is 1.97. The molecule has 1 aromatic carbocycles. The van der Waals surface area contributed by atoms with E-state index in [1.807, 2.05) is 18.2 Å². The van der Waals surface area contributed by atoms with E-state index in [2.05, 4.69) is 15.9 Å². The number of nitrogens with zero attached hydrogens (tertiary/aromatic N) is 3. The van der Waals surface area contributed by atoms with Gasteiger partial charge in [0.15, 0.2) is 0 Å². The highest BCUT2D eigenvalue weighted by molar-refractivity contribution is 9.10. The highest BCUT2D eigenvalue weighted by Crippen LogP contribution is 2.17. The van der Waals surface area contributed by atoms with Gasteiger partial charge in [0.1, 0.15) is 24.0 Å². The summed E-state index contributed by atoms with van der Waals surface area (Å²) >= 11 is 3.34. The van der Waals surface area contributed by atoms with Crippen molar-refractivity contribution in [2.24, 2.45) is 0 Å². The van der Waals surface area contributed by atoms with Crippen molar-refractivity contribution in [3.8, 4) is 11.8 Å². The number of benzene rings is 1. The summed E-state index contributed by atoms with van der Waals surface area (Å²) in [5.74, 6) is 0.634. The van der Waals surface area contributed by atoms with Gasteiger partial charge in [0.25, 0.3) is 5.56 Å².